The van der Waals surface area contributed by atoms with Gasteiger partial charge in [-0.15, -0.1) is 0 Å². The van der Waals surface area contributed by atoms with Gasteiger partial charge in [0.2, 0.25) is 5.82 Å². The maximum Gasteiger partial charge on any atom is 0.315 e. The number of carbonyl (C=O) groups is 1. The molecule has 0 radical (unpaired) electrons. The van der Waals surface area contributed by atoms with Crippen molar-refractivity contribution in [2.45, 2.75) is 25.3 Å². The number of halogens is 2. The van der Waals surface area contributed by atoms with E-state index in [1.54, 1.807) is 12.1 Å². The van der Waals surface area contributed by atoms with Crippen LogP contribution in [0, 0.1) is 0 Å². The molecule has 1 amide bonds. The molecular formula is C18H15F2N5O2. The number of alkyl halides is 2. The topological polar surface area (TPSA) is 107 Å². The van der Waals surface area contributed by atoms with E-state index in [9.17, 15) is 13.6 Å². The third-order valence-corrected chi connectivity index (χ3v) is 4.46. The molecule has 1 aromatic carbocycles. The van der Waals surface area contributed by atoms with E-state index in [-0.39, 0.29) is 23.6 Å². The van der Waals surface area contributed by atoms with Crippen molar-refractivity contribution in [1.29, 1.82) is 0 Å². The van der Waals surface area contributed by atoms with E-state index in [0.717, 1.165) is 24.0 Å². The zero-order valence-electron chi connectivity index (χ0n) is 14.0. The van der Waals surface area contributed by atoms with E-state index in [2.05, 4.69) is 25.0 Å². The second-order valence-corrected chi connectivity index (χ2v) is 6.20. The quantitative estimate of drug-likeness (QED) is 0.730. The van der Waals surface area contributed by atoms with E-state index in [0.29, 0.717) is 11.1 Å². The van der Waals surface area contributed by atoms with Gasteiger partial charge < -0.3 is 15.6 Å². The molecule has 2 heterocycles. The van der Waals surface area contributed by atoms with Crippen LogP contribution in [0.4, 0.5) is 14.6 Å². The molecule has 0 saturated heterocycles. The van der Waals surface area contributed by atoms with Gasteiger partial charge in [-0.2, -0.15) is 13.8 Å². The average Bonchev–Trinajstić information content (AvgIpc) is 3.29. The summed E-state index contributed by atoms with van der Waals surface area (Å²) in [7, 11) is 0. The average molecular weight is 371 g/mol. The van der Waals surface area contributed by atoms with Crippen molar-refractivity contribution in [1.82, 2.24) is 20.4 Å². The van der Waals surface area contributed by atoms with E-state index < -0.39 is 12.3 Å². The number of nitrogens with two attached hydrogens (primary N) is 1. The Balaban J connectivity index is 1.53. The third kappa shape index (κ3) is 3.35. The number of aryl methyl sites for hydroxylation is 1. The van der Waals surface area contributed by atoms with Gasteiger partial charge in [-0.1, -0.05) is 17.3 Å². The second-order valence-electron chi connectivity index (χ2n) is 6.20. The van der Waals surface area contributed by atoms with Gasteiger partial charge in [0.25, 0.3) is 11.8 Å². The summed E-state index contributed by atoms with van der Waals surface area (Å²) in [5, 5.41) is 6.58. The zero-order valence-corrected chi connectivity index (χ0v) is 14.0. The fourth-order valence-corrected chi connectivity index (χ4v) is 3.18. The number of carbonyl (C=O) groups excluding carboxylic acids is 1. The van der Waals surface area contributed by atoms with Gasteiger partial charge in [0.05, 0.1) is 6.04 Å². The number of amides is 1. The SMILES string of the molecule is Nc1cc(C(=O)NC2CCc3cc(-c4noc(C(F)F)n4)ccc32)ccn1. The number of nitrogens with zero attached hydrogens (tertiary/aromatic N) is 3. The predicted octanol–water partition coefficient (Wildman–Crippen LogP) is 3.07. The molecule has 27 heavy (non-hydrogen) atoms. The highest BCUT2D eigenvalue weighted by Gasteiger charge is 2.26. The number of pyridine rings is 1. The molecule has 0 aliphatic heterocycles. The summed E-state index contributed by atoms with van der Waals surface area (Å²) in [6.45, 7) is 0. The number of aromatic nitrogens is 3. The van der Waals surface area contributed by atoms with Gasteiger partial charge in [-0.25, -0.2) is 4.98 Å². The molecule has 9 heteroatoms. The van der Waals surface area contributed by atoms with Crippen LogP contribution >= 0.6 is 0 Å². The molecule has 0 bridgehead atoms. The summed E-state index contributed by atoms with van der Waals surface area (Å²) in [6.07, 6.45) is 0.159. The lowest BCUT2D eigenvalue weighted by molar-refractivity contribution is 0.0936. The molecule has 1 atom stereocenters. The van der Waals surface area contributed by atoms with Crippen LogP contribution in [-0.4, -0.2) is 21.0 Å². The number of fused-ring (bicyclic) bond motifs is 1. The van der Waals surface area contributed by atoms with E-state index >= 15 is 0 Å². The van der Waals surface area contributed by atoms with Crippen molar-refractivity contribution in [3.8, 4) is 11.4 Å². The molecule has 3 N–H and O–H groups in total. The normalized spacial score (nSPS) is 15.7. The number of hydrogen-bond acceptors (Lipinski definition) is 6. The summed E-state index contributed by atoms with van der Waals surface area (Å²) in [4.78, 5) is 20.0. The molecule has 138 valence electrons. The van der Waals surface area contributed by atoms with Crippen LogP contribution in [0.15, 0.2) is 41.1 Å². The Morgan fingerprint density at radius 1 is 1.30 bits per heavy atom. The van der Waals surface area contributed by atoms with Gasteiger partial charge in [0, 0.05) is 17.3 Å². The van der Waals surface area contributed by atoms with Crippen LogP contribution in [0.25, 0.3) is 11.4 Å². The molecule has 2 aromatic heterocycles. The molecule has 0 fully saturated rings. The standard InChI is InChI=1S/C18H15F2N5O2/c19-15(20)18-24-16(25-27-18)10-1-3-12-9(7-10)2-4-13(12)23-17(26)11-5-6-22-14(21)8-11/h1,3,5-8,13,15H,2,4H2,(H2,21,22)(H,23,26). The predicted molar refractivity (Wildman–Crippen MR) is 91.9 cm³/mol. The summed E-state index contributed by atoms with van der Waals surface area (Å²) < 4.78 is 29.8. The Hall–Kier alpha value is -3.36. The molecule has 1 aliphatic carbocycles. The van der Waals surface area contributed by atoms with Crippen molar-refractivity contribution in [3.63, 3.8) is 0 Å². The number of nitrogen functional groups attached to an aromatic ring is 1. The Bertz CT molecular complexity index is 1000. The Morgan fingerprint density at radius 3 is 2.89 bits per heavy atom. The lowest BCUT2D eigenvalue weighted by Crippen LogP contribution is -2.27. The first kappa shape index (κ1) is 17.1. The number of nitrogens with one attached hydrogen (secondary N) is 1. The lowest BCUT2D eigenvalue weighted by atomic mass is 10.0. The number of anilines is 1. The molecule has 0 saturated carbocycles. The third-order valence-electron chi connectivity index (χ3n) is 4.46. The van der Waals surface area contributed by atoms with Crippen LogP contribution in [0.1, 0.15) is 46.3 Å². The Labute approximate surface area is 152 Å². The summed E-state index contributed by atoms with van der Waals surface area (Å²) in [5.41, 5.74) is 8.64. The van der Waals surface area contributed by atoms with Crippen LogP contribution in [0.3, 0.4) is 0 Å². The van der Waals surface area contributed by atoms with Crippen LogP contribution in [0.5, 0.6) is 0 Å². The largest absolute Gasteiger partial charge is 0.384 e. The van der Waals surface area contributed by atoms with Gasteiger partial charge in [-0.3, -0.25) is 4.79 Å². The monoisotopic (exact) mass is 371 g/mol. The smallest absolute Gasteiger partial charge is 0.315 e. The Kier molecular flexibility index (Phi) is 4.27. The first-order chi connectivity index (χ1) is 13.0. The highest BCUT2D eigenvalue weighted by molar-refractivity contribution is 5.95. The van der Waals surface area contributed by atoms with Crippen molar-refractivity contribution in [3.05, 3.63) is 59.1 Å². The maximum absolute atomic E-state index is 12.6. The highest BCUT2D eigenvalue weighted by atomic mass is 19.3. The van der Waals surface area contributed by atoms with E-state index in [1.807, 2.05) is 12.1 Å². The number of benzene rings is 1. The van der Waals surface area contributed by atoms with E-state index in [4.69, 9.17) is 5.73 Å². The summed E-state index contributed by atoms with van der Waals surface area (Å²) in [6, 6.07) is 8.40. The minimum atomic E-state index is -2.80. The van der Waals surface area contributed by atoms with Crippen LogP contribution in [0.2, 0.25) is 0 Å². The van der Waals surface area contributed by atoms with Gasteiger partial charge in [0.1, 0.15) is 5.82 Å². The molecule has 4 rings (SSSR count). The van der Waals surface area contributed by atoms with Gasteiger partial charge in [0.15, 0.2) is 0 Å². The maximum atomic E-state index is 12.6. The van der Waals surface area contributed by atoms with Crippen LogP contribution < -0.4 is 11.1 Å². The molecular weight excluding hydrogens is 356 g/mol. The van der Waals surface area contributed by atoms with E-state index in [1.165, 1.54) is 12.3 Å². The van der Waals surface area contributed by atoms with Gasteiger partial charge >= 0.3 is 6.43 Å². The molecule has 1 unspecified atom stereocenters. The second kappa shape index (κ2) is 6.75. The van der Waals surface area contributed by atoms with Crippen molar-refractivity contribution < 1.29 is 18.1 Å². The number of rotatable bonds is 4. The van der Waals surface area contributed by atoms with Crippen LogP contribution in [-0.2, 0) is 6.42 Å². The highest BCUT2D eigenvalue weighted by Crippen LogP contribution is 2.34. The fourth-order valence-electron chi connectivity index (χ4n) is 3.18. The number of hydrogen-bond donors (Lipinski definition) is 2. The summed E-state index contributed by atoms with van der Waals surface area (Å²) >= 11 is 0. The van der Waals surface area contributed by atoms with Gasteiger partial charge in [-0.05, 0) is 42.2 Å². The first-order valence-electron chi connectivity index (χ1n) is 8.28. The van der Waals surface area contributed by atoms with Crippen molar-refractivity contribution >= 4 is 11.7 Å². The summed E-state index contributed by atoms with van der Waals surface area (Å²) in [5.74, 6) is -0.534. The minimum Gasteiger partial charge on any atom is -0.384 e. The fraction of sp³-hybridized carbons (Fsp3) is 0.222. The van der Waals surface area contributed by atoms with Crippen molar-refractivity contribution in [2.75, 3.05) is 5.73 Å². The first-order valence-corrected chi connectivity index (χ1v) is 8.28. The lowest BCUT2D eigenvalue weighted by Gasteiger charge is -2.14. The molecule has 7 nitrogen and oxygen atoms in total. The minimum absolute atomic E-state index is 0.118. The molecule has 1 aliphatic rings. The molecule has 0 spiro atoms. The van der Waals surface area contributed by atoms with Crippen molar-refractivity contribution in [2.24, 2.45) is 0 Å². The molecule has 3 aromatic rings. The Morgan fingerprint density at radius 2 is 2.15 bits per heavy atom. The zero-order chi connectivity index (χ0) is 19.0.